The summed E-state index contributed by atoms with van der Waals surface area (Å²) in [7, 11) is 0. The Morgan fingerprint density at radius 1 is 1.04 bits per heavy atom. The zero-order valence-corrected chi connectivity index (χ0v) is 16.0. The molecule has 0 aliphatic carbocycles. The molecule has 28 heavy (non-hydrogen) atoms. The number of benzene rings is 1. The van der Waals surface area contributed by atoms with Crippen LogP contribution in [-0.4, -0.2) is 60.2 Å². The van der Waals surface area contributed by atoms with Crippen LogP contribution >= 0.6 is 0 Å². The van der Waals surface area contributed by atoms with E-state index in [1.54, 1.807) is 12.4 Å². The van der Waals surface area contributed by atoms with Crippen LogP contribution < -0.4 is 14.8 Å². The van der Waals surface area contributed by atoms with E-state index in [4.69, 9.17) is 9.47 Å². The first-order valence-electron chi connectivity index (χ1n) is 9.75. The van der Waals surface area contributed by atoms with Crippen LogP contribution in [0.2, 0.25) is 0 Å². The highest BCUT2D eigenvalue weighted by atomic mass is 16.7. The lowest BCUT2D eigenvalue weighted by Crippen LogP contribution is -2.46. The first-order valence-corrected chi connectivity index (χ1v) is 9.75. The second kappa shape index (κ2) is 9.03. The predicted octanol–water partition coefficient (Wildman–Crippen LogP) is 1.63. The van der Waals surface area contributed by atoms with Gasteiger partial charge in [0.25, 0.3) is 0 Å². The highest BCUT2D eigenvalue weighted by Gasteiger charge is 2.19. The molecule has 1 amide bonds. The highest BCUT2D eigenvalue weighted by molar-refractivity contribution is 5.76. The number of fused-ring (bicyclic) bond motifs is 1. The summed E-state index contributed by atoms with van der Waals surface area (Å²) in [6, 6.07) is 10.0. The van der Waals surface area contributed by atoms with Gasteiger partial charge in [-0.05, 0) is 29.3 Å². The molecule has 0 unspecified atom stereocenters. The van der Waals surface area contributed by atoms with E-state index in [1.165, 1.54) is 5.56 Å². The van der Waals surface area contributed by atoms with Crippen molar-refractivity contribution in [3.63, 3.8) is 0 Å². The fourth-order valence-corrected chi connectivity index (χ4v) is 3.52. The van der Waals surface area contributed by atoms with Crippen LogP contribution in [0.1, 0.15) is 17.5 Å². The first kappa shape index (κ1) is 18.7. The standard InChI is InChI=1S/C21H26N4O3/c26-21(23-14-18-2-1-6-22-13-18)5-7-24-8-10-25(11-9-24)15-17-3-4-19-20(12-17)28-16-27-19/h1-4,6,12-13H,5,7-11,14-16H2,(H,23,26). The minimum absolute atomic E-state index is 0.0895. The molecular weight excluding hydrogens is 356 g/mol. The first-order chi connectivity index (χ1) is 13.8. The summed E-state index contributed by atoms with van der Waals surface area (Å²) < 4.78 is 10.8. The third kappa shape index (κ3) is 4.99. The molecule has 2 aliphatic rings. The Hall–Kier alpha value is -2.64. The topological polar surface area (TPSA) is 66.9 Å². The Balaban J connectivity index is 1.15. The number of nitrogens with one attached hydrogen (secondary N) is 1. The number of hydrogen-bond donors (Lipinski definition) is 1. The summed E-state index contributed by atoms with van der Waals surface area (Å²) in [5.74, 6) is 1.76. The van der Waals surface area contributed by atoms with Gasteiger partial charge in [-0.3, -0.25) is 14.7 Å². The van der Waals surface area contributed by atoms with Gasteiger partial charge in [0.2, 0.25) is 12.7 Å². The van der Waals surface area contributed by atoms with Gasteiger partial charge < -0.3 is 19.7 Å². The summed E-state index contributed by atoms with van der Waals surface area (Å²) >= 11 is 0. The minimum atomic E-state index is 0.0895. The molecule has 1 fully saturated rings. The van der Waals surface area contributed by atoms with Crippen molar-refractivity contribution in [3.05, 3.63) is 53.9 Å². The molecule has 1 N–H and O–H groups in total. The summed E-state index contributed by atoms with van der Waals surface area (Å²) in [5, 5.41) is 2.96. The number of pyridine rings is 1. The number of carbonyl (C=O) groups excluding carboxylic acids is 1. The number of carbonyl (C=O) groups is 1. The van der Waals surface area contributed by atoms with Crippen LogP contribution in [0.4, 0.5) is 0 Å². The van der Waals surface area contributed by atoms with Crippen molar-refractivity contribution in [2.45, 2.75) is 19.5 Å². The maximum Gasteiger partial charge on any atom is 0.231 e. The number of rotatable bonds is 7. The normalized spacial score (nSPS) is 16.9. The van der Waals surface area contributed by atoms with Gasteiger partial charge in [0.05, 0.1) is 0 Å². The van der Waals surface area contributed by atoms with Crippen molar-refractivity contribution in [2.75, 3.05) is 39.5 Å². The number of ether oxygens (including phenoxy) is 2. The van der Waals surface area contributed by atoms with Crippen molar-refractivity contribution in [2.24, 2.45) is 0 Å². The molecule has 0 spiro atoms. The summed E-state index contributed by atoms with van der Waals surface area (Å²) in [5.41, 5.74) is 2.26. The van der Waals surface area contributed by atoms with Gasteiger partial charge in [-0.1, -0.05) is 12.1 Å². The van der Waals surface area contributed by atoms with Crippen LogP contribution in [0.3, 0.4) is 0 Å². The molecule has 4 rings (SSSR count). The van der Waals surface area contributed by atoms with Crippen LogP contribution in [-0.2, 0) is 17.9 Å². The average Bonchev–Trinajstić information content (AvgIpc) is 3.20. The van der Waals surface area contributed by atoms with Crippen molar-refractivity contribution in [3.8, 4) is 11.5 Å². The predicted molar refractivity (Wildman–Crippen MR) is 105 cm³/mol. The van der Waals surface area contributed by atoms with Gasteiger partial charge in [0, 0.05) is 64.6 Å². The maximum atomic E-state index is 12.1. The van der Waals surface area contributed by atoms with E-state index in [-0.39, 0.29) is 5.91 Å². The van der Waals surface area contributed by atoms with E-state index < -0.39 is 0 Å². The summed E-state index contributed by atoms with van der Waals surface area (Å²) in [4.78, 5) is 20.9. The molecule has 0 radical (unpaired) electrons. The number of aromatic nitrogens is 1. The van der Waals surface area contributed by atoms with Gasteiger partial charge in [-0.2, -0.15) is 0 Å². The fourth-order valence-electron chi connectivity index (χ4n) is 3.52. The summed E-state index contributed by atoms with van der Waals surface area (Å²) in [6.07, 6.45) is 4.04. The molecule has 2 aliphatic heterocycles. The summed E-state index contributed by atoms with van der Waals surface area (Å²) in [6.45, 7) is 6.55. The molecule has 7 nitrogen and oxygen atoms in total. The number of amides is 1. The zero-order valence-electron chi connectivity index (χ0n) is 16.0. The second-order valence-corrected chi connectivity index (χ2v) is 7.19. The lowest BCUT2D eigenvalue weighted by atomic mass is 10.1. The quantitative estimate of drug-likeness (QED) is 0.785. The van der Waals surface area contributed by atoms with Crippen molar-refractivity contribution in [1.82, 2.24) is 20.1 Å². The molecule has 0 bridgehead atoms. The molecular formula is C21H26N4O3. The molecule has 3 heterocycles. The van der Waals surface area contributed by atoms with E-state index in [9.17, 15) is 4.79 Å². The van der Waals surface area contributed by atoms with Gasteiger partial charge in [0.15, 0.2) is 11.5 Å². The number of nitrogens with zero attached hydrogens (tertiary/aromatic N) is 3. The Kier molecular flexibility index (Phi) is 6.04. The van der Waals surface area contributed by atoms with E-state index in [2.05, 4.69) is 32.2 Å². The Bertz CT molecular complexity index is 791. The fraction of sp³-hybridized carbons (Fsp3) is 0.429. The van der Waals surface area contributed by atoms with Gasteiger partial charge in [-0.25, -0.2) is 0 Å². The smallest absolute Gasteiger partial charge is 0.231 e. The lowest BCUT2D eigenvalue weighted by Gasteiger charge is -2.34. The van der Waals surface area contributed by atoms with Crippen molar-refractivity contribution >= 4 is 5.91 Å². The molecule has 1 aromatic carbocycles. The molecule has 1 saturated heterocycles. The zero-order chi connectivity index (χ0) is 19.2. The minimum Gasteiger partial charge on any atom is -0.454 e. The maximum absolute atomic E-state index is 12.1. The van der Waals surface area contributed by atoms with Gasteiger partial charge in [-0.15, -0.1) is 0 Å². The van der Waals surface area contributed by atoms with Gasteiger partial charge in [0.1, 0.15) is 0 Å². The van der Waals surface area contributed by atoms with E-state index in [0.717, 1.165) is 56.3 Å². The van der Waals surface area contributed by atoms with Crippen LogP contribution in [0, 0.1) is 0 Å². The monoisotopic (exact) mass is 382 g/mol. The largest absolute Gasteiger partial charge is 0.454 e. The Morgan fingerprint density at radius 2 is 1.86 bits per heavy atom. The third-order valence-electron chi connectivity index (χ3n) is 5.18. The number of piperazine rings is 1. The highest BCUT2D eigenvalue weighted by Crippen LogP contribution is 2.32. The van der Waals surface area contributed by atoms with E-state index in [1.807, 2.05) is 18.2 Å². The van der Waals surface area contributed by atoms with E-state index in [0.29, 0.717) is 19.8 Å². The average molecular weight is 382 g/mol. The Morgan fingerprint density at radius 3 is 2.68 bits per heavy atom. The molecule has 2 aromatic rings. The van der Waals surface area contributed by atoms with Crippen molar-refractivity contribution < 1.29 is 14.3 Å². The van der Waals surface area contributed by atoms with E-state index >= 15 is 0 Å². The lowest BCUT2D eigenvalue weighted by molar-refractivity contribution is -0.121. The molecule has 7 heteroatoms. The number of hydrogen-bond acceptors (Lipinski definition) is 6. The molecule has 1 aromatic heterocycles. The molecule has 148 valence electrons. The SMILES string of the molecule is O=C(CCN1CCN(Cc2ccc3c(c2)OCO3)CC1)NCc1cccnc1. The van der Waals surface area contributed by atoms with Crippen LogP contribution in [0.5, 0.6) is 11.5 Å². The van der Waals surface area contributed by atoms with Gasteiger partial charge >= 0.3 is 0 Å². The van der Waals surface area contributed by atoms with Crippen molar-refractivity contribution in [1.29, 1.82) is 0 Å². The van der Waals surface area contributed by atoms with Crippen LogP contribution in [0.15, 0.2) is 42.7 Å². The Labute approximate surface area is 165 Å². The van der Waals surface area contributed by atoms with Crippen LogP contribution in [0.25, 0.3) is 0 Å². The molecule has 0 atom stereocenters. The third-order valence-corrected chi connectivity index (χ3v) is 5.18. The second-order valence-electron chi connectivity index (χ2n) is 7.19. The molecule has 0 saturated carbocycles.